The summed E-state index contributed by atoms with van der Waals surface area (Å²) in [6.07, 6.45) is 2.72. The van der Waals surface area contributed by atoms with Gasteiger partial charge in [0.05, 0.1) is 6.10 Å². The lowest BCUT2D eigenvalue weighted by atomic mass is 9.95. The first kappa shape index (κ1) is 10.2. The third-order valence-electron chi connectivity index (χ3n) is 2.18. The fourth-order valence-corrected chi connectivity index (χ4v) is 1.15. The quantitative estimate of drug-likeness (QED) is 0.732. The van der Waals surface area contributed by atoms with Gasteiger partial charge in [-0.3, -0.25) is 4.98 Å². The fraction of sp³-hybridized carbons (Fsp3) is 0.500. The monoisotopic (exact) mass is 180 g/mol. The zero-order chi connectivity index (χ0) is 9.84. The Hall–Kier alpha value is -0.930. The van der Waals surface area contributed by atoms with Crippen LogP contribution in [0.5, 0.6) is 0 Å². The standard InChI is InChI=1S/C10H16N2O/c1-7(2)9(11)10(13)8-3-5-12-6-4-8/h3-7,9-10,13H,11H2,1-2H3/t9-,10-/m0/s1. The molecule has 0 fully saturated rings. The van der Waals surface area contributed by atoms with Crippen LogP contribution in [0.3, 0.4) is 0 Å². The molecule has 0 aliphatic rings. The predicted molar refractivity (Wildman–Crippen MR) is 52.0 cm³/mol. The van der Waals surface area contributed by atoms with Gasteiger partial charge >= 0.3 is 0 Å². The van der Waals surface area contributed by atoms with E-state index in [1.54, 1.807) is 24.5 Å². The Morgan fingerprint density at radius 3 is 2.31 bits per heavy atom. The van der Waals surface area contributed by atoms with E-state index >= 15 is 0 Å². The molecule has 0 spiro atoms. The molecule has 2 atom stereocenters. The van der Waals surface area contributed by atoms with E-state index in [9.17, 15) is 5.11 Å². The van der Waals surface area contributed by atoms with Crippen molar-refractivity contribution in [2.75, 3.05) is 0 Å². The lowest BCUT2D eigenvalue weighted by Gasteiger charge is -2.22. The van der Waals surface area contributed by atoms with Crippen molar-refractivity contribution in [2.45, 2.75) is 26.0 Å². The number of aliphatic hydroxyl groups excluding tert-OH is 1. The van der Waals surface area contributed by atoms with Gasteiger partial charge < -0.3 is 10.8 Å². The summed E-state index contributed by atoms with van der Waals surface area (Å²) in [5, 5.41) is 9.81. The highest BCUT2D eigenvalue weighted by Crippen LogP contribution is 2.18. The first-order valence-corrected chi connectivity index (χ1v) is 4.46. The summed E-state index contributed by atoms with van der Waals surface area (Å²) < 4.78 is 0. The summed E-state index contributed by atoms with van der Waals surface area (Å²) in [4.78, 5) is 3.88. The minimum absolute atomic E-state index is 0.220. The molecule has 0 bridgehead atoms. The Balaban J connectivity index is 2.73. The highest BCUT2D eigenvalue weighted by Gasteiger charge is 2.19. The third kappa shape index (κ3) is 2.50. The molecule has 0 aliphatic heterocycles. The van der Waals surface area contributed by atoms with E-state index in [-0.39, 0.29) is 12.0 Å². The Kier molecular flexibility index (Phi) is 3.39. The van der Waals surface area contributed by atoms with E-state index in [0.29, 0.717) is 0 Å². The zero-order valence-electron chi connectivity index (χ0n) is 8.01. The lowest BCUT2D eigenvalue weighted by Crippen LogP contribution is -2.33. The van der Waals surface area contributed by atoms with E-state index in [2.05, 4.69) is 4.98 Å². The van der Waals surface area contributed by atoms with Crippen LogP contribution in [0.4, 0.5) is 0 Å². The first-order chi connectivity index (χ1) is 6.13. The van der Waals surface area contributed by atoms with Crippen molar-refractivity contribution in [1.82, 2.24) is 4.98 Å². The van der Waals surface area contributed by atoms with Crippen molar-refractivity contribution in [3.63, 3.8) is 0 Å². The molecule has 0 saturated carbocycles. The average Bonchev–Trinajstić information content (AvgIpc) is 2.17. The summed E-state index contributed by atoms with van der Waals surface area (Å²) in [5.41, 5.74) is 6.65. The molecule has 3 nitrogen and oxygen atoms in total. The second kappa shape index (κ2) is 4.35. The molecular formula is C10H16N2O. The van der Waals surface area contributed by atoms with Crippen LogP contribution < -0.4 is 5.73 Å². The summed E-state index contributed by atoms with van der Waals surface area (Å²) in [5.74, 6) is 0.267. The van der Waals surface area contributed by atoms with E-state index < -0.39 is 6.10 Å². The summed E-state index contributed by atoms with van der Waals surface area (Å²) in [6, 6.07) is 3.35. The minimum atomic E-state index is -0.594. The summed E-state index contributed by atoms with van der Waals surface area (Å²) in [7, 11) is 0. The van der Waals surface area contributed by atoms with Gasteiger partial charge in [-0.1, -0.05) is 13.8 Å². The van der Waals surface area contributed by atoms with Crippen LogP contribution >= 0.6 is 0 Å². The van der Waals surface area contributed by atoms with Gasteiger partial charge in [0, 0.05) is 18.4 Å². The van der Waals surface area contributed by atoms with E-state index in [4.69, 9.17) is 5.73 Å². The van der Waals surface area contributed by atoms with Gasteiger partial charge in [-0.15, -0.1) is 0 Å². The average molecular weight is 180 g/mol. The van der Waals surface area contributed by atoms with Gasteiger partial charge in [0.15, 0.2) is 0 Å². The Morgan fingerprint density at radius 1 is 1.31 bits per heavy atom. The molecule has 72 valence electrons. The van der Waals surface area contributed by atoms with E-state index in [1.807, 2.05) is 13.8 Å². The van der Waals surface area contributed by atoms with Crippen molar-refractivity contribution in [3.05, 3.63) is 30.1 Å². The highest BCUT2D eigenvalue weighted by molar-refractivity contribution is 5.14. The number of hydrogen-bond acceptors (Lipinski definition) is 3. The topological polar surface area (TPSA) is 59.1 Å². The molecule has 0 saturated heterocycles. The van der Waals surface area contributed by atoms with Crippen LogP contribution in [0.15, 0.2) is 24.5 Å². The van der Waals surface area contributed by atoms with Gasteiger partial charge in [0.25, 0.3) is 0 Å². The molecule has 0 unspecified atom stereocenters. The molecule has 1 aromatic heterocycles. The molecular weight excluding hydrogens is 164 g/mol. The maximum Gasteiger partial charge on any atom is 0.0944 e. The number of aliphatic hydroxyl groups is 1. The smallest absolute Gasteiger partial charge is 0.0944 e. The maximum atomic E-state index is 9.81. The molecule has 0 aromatic carbocycles. The van der Waals surface area contributed by atoms with Gasteiger partial charge in [-0.25, -0.2) is 0 Å². The predicted octanol–water partition coefficient (Wildman–Crippen LogP) is 1.10. The second-order valence-electron chi connectivity index (χ2n) is 3.55. The van der Waals surface area contributed by atoms with Gasteiger partial charge in [-0.05, 0) is 23.6 Å². The highest BCUT2D eigenvalue weighted by atomic mass is 16.3. The van der Waals surface area contributed by atoms with Crippen molar-refractivity contribution in [3.8, 4) is 0 Å². The Morgan fingerprint density at radius 2 is 1.85 bits per heavy atom. The largest absolute Gasteiger partial charge is 0.387 e. The van der Waals surface area contributed by atoms with Crippen LogP contribution in [0.1, 0.15) is 25.5 Å². The molecule has 13 heavy (non-hydrogen) atoms. The molecule has 0 amide bonds. The number of aromatic nitrogens is 1. The van der Waals surface area contributed by atoms with E-state index in [1.165, 1.54) is 0 Å². The van der Waals surface area contributed by atoms with Crippen LogP contribution in [-0.2, 0) is 0 Å². The molecule has 1 aromatic rings. The first-order valence-electron chi connectivity index (χ1n) is 4.46. The SMILES string of the molecule is CC(C)[C@H](N)[C@@H](O)c1ccncc1. The van der Waals surface area contributed by atoms with Crippen molar-refractivity contribution in [1.29, 1.82) is 0 Å². The van der Waals surface area contributed by atoms with Gasteiger partial charge in [0.1, 0.15) is 0 Å². The minimum Gasteiger partial charge on any atom is -0.387 e. The molecule has 1 heterocycles. The fourth-order valence-electron chi connectivity index (χ4n) is 1.15. The summed E-state index contributed by atoms with van der Waals surface area (Å²) in [6.45, 7) is 3.99. The Labute approximate surface area is 78.6 Å². The van der Waals surface area contributed by atoms with Crippen LogP contribution in [0, 0.1) is 5.92 Å². The van der Waals surface area contributed by atoms with Gasteiger partial charge in [0.2, 0.25) is 0 Å². The molecule has 3 N–H and O–H groups in total. The van der Waals surface area contributed by atoms with Crippen molar-refractivity contribution < 1.29 is 5.11 Å². The van der Waals surface area contributed by atoms with Crippen LogP contribution in [0.25, 0.3) is 0 Å². The lowest BCUT2D eigenvalue weighted by molar-refractivity contribution is 0.125. The maximum absolute atomic E-state index is 9.81. The molecule has 3 heteroatoms. The number of pyridine rings is 1. The number of rotatable bonds is 3. The molecule has 0 aliphatic carbocycles. The van der Waals surface area contributed by atoms with E-state index in [0.717, 1.165) is 5.56 Å². The van der Waals surface area contributed by atoms with Crippen molar-refractivity contribution >= 4 is 0 Å². The van der Waals surface area contributed by atoms with Gasteiger partial charge in [-0.2, -0.15) is 0 Å². The van der Waals surface area contributed by atoms with Crippen LogP contribution in [-0.4, -0.2) is 16.1 Å². The second-order valence-corrected chi connectivity index (χ2v) is 3.55. The normalized spacial score (nSPS) is 15.8. The number of hydrogen-bond donors (Lipinski definition) is 2. The number of nitrogens with two attached hydrogens (primary N) is 1. The Bertz CT molecular complexity index is 248. The summed E-state index contributed by atoms with van der Waals surface area (Å²) >= 11 is 0. The molecule has 0 radical (unpaired) electrons. The van der Waals surface area contributed by atoms with Crippen molar-refractivity contribution in [2.24, 2.45) is 11.7 Å². The van der Waals surface area contributed by atoms with Crippen LogP contribution in [0.2, 0.25) is 0 Å². The zero-order valence-corrected chi connectivity index (χ0v) is 8.01. The third-order valence-corrected chi connectivity index (χ3v) is 2.18. The number of nitrogens with zero attached hydrogens (tertiary/aromatic N) is 1. The molecule has 1 rings (SSSR count).